The fourth-order valence-electron chi connectivity index (χ4n) is 1.11. The summed E-state index contributed by atoms with van der Waals surface area (Å²) in [4.78, 5) is 4.06. The van der Waals surface area contributed by atoms with Gasteiger partial charge in [0, 0.05) is 6.07 Å². The van der Waals surface area contributed by atoms with Gasteiger partial charge < -0.3 is 9.84 Å². The number of aromatic nitrogens is 2. The van der Waals surface area contributed by atoms with Gasteiger partial charge in [-0.3, -0.25) is 0 Å². The van der Waals surface area contributed by atoms with Crippen molar-refractivity contribution in [3.63, 3.8) is 0 Å². The van der Waals surface area contributed by atoms with E-state index in [0.717, 1.165) is 5.76 Å². The van der Waals surface area contributed by atoms with Crippen LogP contribution in [0.5, 0.6) is 0 Å². The van der Waals surface area contributed by atoms with Gasteiger partial charge in [-0.15, -0.1) is 0 Å². The second kappa shape index (κ2) is 4.24. The highest BCUT2D eigenvalue weighted by Crippen LogP contribution is 2.06. The third-order valence-corrected chi connectivity index (χ3v) is 1.80. The van der Waals surface area contributed by atoms with Crippen LogP contribution in [0.1, 0.15) is 11.5 Å². The van der Waals surface area contributed by atoms with Crippen molar-refractivity contribution in [1.29, 1.82) is 5.26 Å². The first-order valence-electron chi connectivity index (χ1n) is 4.39. The minimum atomic E-state index is 0.387. The molecule has 0 amide bonds. The summed E-state index contributed by atoms with van der Waals surface area (Å²) in [5.74, 6) is 1.37. The lowest BCUT2D eigenvalue weighted by atomic mass is 10.3. The van der Waals surface area contributed by atoms with E-state index in [0.29, 0.717) is 18.1 Å². The summed E-state index contributed by atoms with van der Waals surface area (Å²) < 4.78 is 4.91. The van der Waals surface area contributed by atoms with Gasteiger partial charge >= 0.3 is 0 Å². The maximum Gasteiger partial charge on any atom is 0.155 e. The van der Waals surface area contributed by atoms with Crippen molar-refractivity contribution in [2.24, 2.45) is 0 Å². The van der Waals surface area contributed by atoms with Gasteiger partial charge in [-0.25, -0.2) is 4.98 Å². The SMILES string of the molecule is N#Cc1cccc(NCc2ccno2)n1. The van der Waals surface area contributed by atoms with Crippen LogP contribution in [0.2, 0.25) is 0 Å². The van der Waals surface area contributed by atoms with Crippen LogP contribution in [0.4, 0.5) is 5.82 Å². The van der Waals surface area contributed by atoms with Gasteiger partial charge in [0.25, 0.3) is 0 Å². The Balaban J connectivity index is 2.02. The van der Waals surface area contributed by atoms with Gasteiger partial charge in [0.1, 0.15) is 17.6 Å². The molecule has 2 aromatic heterocycles. The van der Waals surface area contributed by atoms with Crippen LogP contribution in [-0.2, 0) is 6.54 Å². The third kappa shape index (κ3) is 2.31. The summed E-state index contributed by atoms with van der Waals surface area (Å²) >= 11 is 0. The van der Waals surface area contributed by atoms with Crippen molar-refractivity contribution in [3.05, 3.63) is 41.9 Å². The van der Waals surface area contributed by atoms with Gasteiger partial charge in [-0.05, 0) is 12.1 Å². The summed E-state index contributed by atoms with van der Waals surface area (Å²) in [6.07, 6.45) is 1.58. The second-order valence-corrected chi connectivity index (χ2v) is 2.85. The number of nitrogens with zero attached hydrogens (tertiary/aromatic N) is 3. The van der Waals surface area contributed by atoms with E-state index in [4.69, 9.17) is 9.78 Å². The van der Waals surface area contributed by atoms with E-state index >= 15 is 0 Å². The van der Waals surface area contributed by atoms with Crippen LogP contribution < -0.4 is 5.32 Å². The third-order valence-electron chi connectivity index (χ3n) is 1.80. The minimum absolute atomic E-state index is 0.387. The Labute approximate surface area is 86.3 Å². The van der Waals surface area contributed by atoms with Crippen molar-refractivity contribution in [2.75, 3.05) is 5.32 Å². The lowest BCUT2D eigenvalue weighted by Crippen LogP contribution is -2.00. The van der Waals surface area contributed by atoms with Crippen molar-refractivity contribution >= 4 is 5.82 Å². The zero-order valence-corrected chi connectivity index (χ0v) is 7.84. The summed E-state index contributed by atoms with van der Waals surface area (Å²) in [5, 5.41) is 15.3. The highest BCUT2D eigenvalue weighted by atomic mass is 16.5. The molecule has 0 saturated carbocycles. The van der Waals surface area contributed by atoms with E-state index in [1.165, 1.54) is 0 Å². The Morgan fingerprint density at radius 2 is 2.33 bits per heavy atom. The summed E-state index contributed by atoms with van der Waals surface area (Å²) in [5.41, 5.74) is 0.387. The number of pyridine rings is 1. The molecule has 0 fully saturated rings. The molecular formula is C10H8N4O. The van der Waals surface area contributed by atoms with Crippen LogP contribution in [0.3, 0.4) is 0 Å². The molecule has 0 aliphatic carbocycles. The van der Waals surface area contributed by atoms with Crippen molar-refractivity contribution < 1.29 is 4.52 Å². The minimum Gasteiger partial charge on any atom is -0.363 e. The predicted molar refractivity (Wildman–Crippen MR) is 52.8 cm³/mol. The predicted octanol–water partition coefficient (Wildman–Crippen LogP) is 1.55. The van der Waals surface area contributed by atoms with Gasteiger partial charge in [0.2, 0.25) is 0 Å². The van der Waals surface area contributed by atoms with E-state index in [1.54, 1.807) is 30.5 Å². The molecule has 0 spiro atoms. The van der Waals surface area contributed by atoms with Crippen LogP contribution in [0.25, 0.3) is 0 Å². The largest absolute Gasteiger partial charge is 0.363 e. The number of nitrogens with one attached hydrogen (secondary N) is 1. The maximum atomic E-state index is 8.65. The zero-order valence-electron chi connectivity index (χ0n) is 7.84. The van der Waals surface area contributed by atoms with Crippen molar-refractivity contribution in [1.82, 2.24) is 10.1 Å². The molecule has 2 aromatic rings. The lowest BCUT2D eigenvalue weighted by molar-refractivity contribution is 0.388. The molecular weight excluding hydrogens is 192 g/mol. The van der Waals surface area contributed by atoms with Crippen LogP contribution in [0, 0.1) is 11.3 Å². The molecule has 74 valence electrons. The standard InChI is InChI=1S/C10H8N4O/c11-6-8-2-1-3-10(14-8)12-7-9-4-5-13-15-9/h1-5H,7H2,(H,12,14). The first-order chi connectivity index (χ1) is 7.38. The molecule has 0 radical (unpaired) electrons. The van der Waals surface area contributed by atoms with E-state index in [2.05, 4.69) is 15.5 Å². The van der Waals surface area contributed by atoms with E-state index in [9.17, 15) is 0 Å². The molecule has 0 saturated heterocycles. The summed E-state index contributed by atoms with van der Waals surface area (Å²) in [6.45, 7) is 0.502. The highest BCUT2D eigenvalue weighted by Gasteiger charge is 1.99. The van der Waals surface area contributed by atoms with Crippen LogP contribution in [0.15, 0.2) is 35.0 Å². The summed E-state index contributed by atoms with van der Waals surface area (Å²) in [6, 6.07) is 8.95. The van der Waals surface area contributed by atoms with Crippen LogP contribution >= 0.6 is 0 Å². The van der Waals surface area contributed by atoms with Crippen molar-refractivity contribution in [2.45, 2.75) is 6.54 Å². The Bertz CT molecular complexity index is 472. The maximum absolute atomic E-state index is 8.65. The first-order valence-corrected chi connectivity index (χ1v) is 4.39. The average molecular weight is 200 g/mol. The molecule has 0 bridgehead atoms. The number of rotatable bonds is 3. The molecule has 0 unspecified atom stereocenters. The molecule has 0 atom stereocenters. The van der Waals surface area contributed by atoms with Crippen LogP contribution in [-0.4, -0.2) is 10.1 Å². The molecule has 0 aliphatic heterocycles. The number of hydrogen-bond acceptors (Lipinski definition) is 5. The van der Waals surface area contributed by atoms with Gasteiger partial charge in [-0.1, -0.05) is 11.2 Å². The molecule has 5 heteroatoms. The normalized spacial score (nSPS) is 9.53. The molecule has 2 heterocycles. The Hall–Kier alpha value is -2.35. The Morgan fingerprint density at radius 3 is 3.07 bits per heavy atom. The molecule has 15 heavy (non-hydrogen) atoms. The summed E-state index contributed by atoms with van der Waals surface area (Å²) in [7, 11) is 0. The number of anilines is 1. The van der Waals surface area contributed by atoms with E-state index in [1.807, 2.05) is 6.07 Å². The lowest BCUT2D eigenvalue weighted by Gasteiger charge is -2.01. The smallest absolute Gasteiger partial charge is 0.155 e. The molecule has 0 aliphatic rings. The topological polar surface area (TPSA) is 74.7 Å². The van der Waals surface area contributed by atoms with Crippen molar-refractivity contribution in [3.8, 4) is 6.07 Å². The van der Waals surface area contributed by atoms with E-state index in [-0.39, 0.29) is 0 Å². The molecule has 5 nitrogen and oxygen atoms in total. The number of nitriles is 1. The van der Waals surface area contributed by atoms with Gasteiger partial charge in [-0.2, -0.15) is 5.26 Å². The Kier molecular flexibility index (Phi) is 2.61. The fraction of sp³-hybridized carbons (Fsp3) is 0.100. The molecule has 2 rings (SSSR count). The molecule has 1 N–H and O–H groups in total. The quantitative estimate of drug-likeness (QED) is 0.813. The molecule has 0 aromatic carbocycles. The van der Waals surface area contributed by atoms with Gasteiger partial charge in [0.15, 0.2) is 5.76 Å². The van der Waals surface area contributed by atoms with Gasteiger partial charge in [0.05, 0.1) is 12.7 Å². The Morgan fingerprint density at radius 1 is 1.40 bits per heavy atom. The monoisotopic (exact) mass is 200 g/mol. The first kappa shape index (κ1) is 9.21. The average Bonchev–Trinajstić information content (AvgIpc) is 2.79. The number of hydrogen-bond donors (Lipinski definition) is 1. The zero-order chi connectivity index (χ0) is 10.5. The fourth-order valence-corrected chi connectivity index (χ4v) is 1.11. The second-order valence-electron chi connectivity index (χ2n) is 2.85. The van der Waals surface area contributed by atoms with E-state index < -0.39 is 0 Å². The highest BCUT2D eigenvalue weighted by molar-refractivity contribution is 5.38.